The smallest absolute Gasteiger partial charge is 0.0471 e. The van der Waals surface area contributed by atoms with Crippen molar-refractivity contribution in [2.24, 2.45) is 5.73 Å². The molecule has 0 heterocycles. The molecule has 0 amide bonds. The van der Waals surface area contributed by atoms with Crippen LogP contribution in [0.25, 0.3) is 0 Å². The van der Waals surface area contributed by atoms with E-state index in [2.05, 4.69) is 24.3 Å². The highest BCUT2D eigenvalue weighted by Gasteiger charge is 2.34. The summed E-state index contributed by atoms with van der Waals surface area (Å²) in [7, 11) is 0. The highest BCUT2D eigenvalue weighted by molar-refractivity contribution is 5.31. The summed E-state index contributed by atoms with van der Waals surface area (Å²) in [5, 5.41) is 8.97. The van der Waals surface area contributed by atoms with Crippen molar-refractivity contribution in [3.05, 3.63) is 35.4 Å². The maximum absolute atomic E-state index is 8.97. The second-order valence-corrected chi connectivity index (χ2v) is 4.87. The third-order valence-electron chi connectivity index (χ3n) is 3.89. The molecule has 0 unspecified atom stereocenters. The maximum atomic E-state index is 8.97. The van der Waals surface area contributed by atoms with Gasteiger partial charge in [-0.3, -0.25) is 0 Å². The second kappa shape index (κ2) is 4.98. The summed E-state index contributed by atoms with van der Waals surface area (Å²) in [6.07, 6.45) is 5.76. The number of benzene rings is 1. The number of rotatable bonds is 4. The molecule has 2 heteroatoms. The first-order chi connectivity index (χ1) is 7.80. The van der Waals surface area contributed by atoms with Gasteiger partial charge in [-0.25, -0.2) is 0 Å². The lowest BCUT2D eigenvalue weighted by Crippen LogP contribution is -2.32. The SMILES string of the molecule is NCC1(c2cccc(CCO)c2)CCCC1. The molecule has 0 radical (unpaired) electrons. The van der Waals surface area contributed by atoms with Gasteiger partial charge in [0, 0.05) is 18.6 Å². The van der Waals surface area contributed by atoms with Gasteiger partial charge in [-0.2, -0.15) is 0 Å². The Kier molecular flexibility index (Phi) is 3.62. The minimum Gasteiger partial charge on any atom is -0.396 e. The maximum Gasteiger partial charge on any atom is 0.0471 e. The van der Waals surface area contributed by atoms with Crippen LogP contribution in [0.5, 0.6) is 0 Å². The van der Waals surface area contributed by atoms with Crippen LogP contribution in [0.4, 0.5) is 0 Å². The highest BCUT2D eigenvalue weighted by atomic mass is 16.2. The van der Waals surface area contributed by atoms with Crippen LogP contribution in [-0.2, 0) is 11.8 Å². The standard InChI is InChI=1S/C14H21NO/c15-11-14(7-1-2-8-14)13-5-3-4-12(10-13)6-9-16/h3-5,10,16H,1-2,6-9,11,15H2. The minimum atomic E-state index is 0.214. The van der Waals surface area contributed by atoms with Crippen molar-refractivity contribution in [1.82, 2.24) is 0 Å². The van der Waals surface area contributed by atoms with Crippen molar-refractivity contribution in [2.45, 2.75) is 37.5 Å². The molecule has 88 valence electrons. The van der Waals surface area contributed by atoms with Crippen molar-refractivity contribution in [2.75, 3.05) is 13.2 Å². The number of aliphatic hydroxyl groups excluding tert-OH is 1. The van der Waals surface area contributed by atoms with Crippen LogP contribution in [0.2, 0.25) is 0 Å². The predicted octanol–water partition coefficient (Wildman–Crippen LogP) is 1.99. The number of hydrogen-bond donors (Lipinski definition) is 2. The van der Waals surface area contributed by atoms with Gasteiger partial charge in [-0.15, -0.1) is 0 Å². The molecular weight excluding hydrogens is 198 g/mol. The van der Waals surface area contributed by atoms with Crippen LogP contribution in [0.3, 0.4) is 0 Å². The Labute approximate surface area is 97.5 Å². The van der Waals surface area contributed by atoms with Crippen molar-refractivity contribution in [1.29, 1.82) is 0 Å². The first-order valence-electron chi connectivity index (χ1n) is 6.21. The third kappa shape index (κ3) is 2.13. The van der Waals surface area contributed by atoms with Gasteiger partial charge in [0.1, 0.15) is 0 Å². The molecule has 2 nitrogen and oxygen atoms in total. The molecule has 1 aliphatic rings. The summed E-state index contributed by atoms with van der Waals surface area (Å²) in [5.41, 5.74) is 8.78. The normalized spacial score (nSPS) is 18.9. The number of nitrogens with two attached hydrogens (primary N) is 1. The average Bonchev–Trinajstić information content (AvgIpc) is 2.80. The van der Waals surface area contributed by atoms with Crippen LogP contribution in [-0.4, -0.2) is 18.3 Å². The van der Waals surface area contributed by atoms with Crippen LogP contribution < -0.4 is 5.73 Å². The summed E-state index contributed by atoms with van der Waals surface area (Å²) >= 11 is 0. The zero-order valence-electron chi connectivity index (χ0n) is 9.78. The summed E-state index contributed by atoms with van der Waals surface area (Å²) < 4.78 is 0. The third-order valence-corrected chi connectivity index (χ3v) is 3.89. The van der Waals surface area contributed by atoms with Crippen LogP contribution in [0.15, 0.2) is 24.3 Å². The lowest BCUT2D eigenvalue weighted by Gasteiger charge is -2.28. The zero-order valence-corrected chi connectivity index (χ0v) is 9.78. The lowest BCUT2D eigenvalue weighted by molar-refractivity contribution is 0.299. The largest absolute Gasteiger partial charge is 0.396 e. The van der Waals surface area contributed by atoms with E-state index in [-0.39, 0.29) is 12.0 Å². The quantitative estimate of drug-likeness (QED) is 0.813. The minimum absolute atomic E-state index is 0.214. The van der Waals surface area contributed by atoms with Gasteiger partial charge < -0.3 is 10.8 Å². The Balaban J connectivity index is 2.27. The van der Waals surface area contributed by atoms with Gasteiger partial charge in [-0.05, 0) is 30.4 Å². The Morgan fingerprint density at radius 1 is 1.25 bits per heavy atom. The molecule has 0 atom stereocenters. The van der Waals surface area contributed by atoms with E-state index in [1.165, 1.54) is 36.8 Å². The highest BCUT2D eigenvalue weighted by Crippen LogP contribution is 2.40. The van der Waals surface area contributed by atoms with Gasteiger partial charge in [0.05, 0.1) is 0 Å². The summed E-state index contributed by atoms with van der Waals surface area (Å²) in [6.45, 7) is 0.967. The van der Waals surface area contributed by atoms with Crippen molar-refractivity contribution >= 4 is 0 Å². The fourth-order valence-corrected chi connectivity index (χ4v) is 2.85. The molecule has 16 heavy (non-hydrogen) atoms. The van der Waals surface area contributed by atoms with Crippen molar-refractivity contribution < 1.29 is 5.11 Å². The molecule has 0 bridgehead atoms. The van der Waals surface area contributed by atoms with Gasteiger partial charge in [0.15, 0.2) is 0 Å². The summed E-state index contributed by atoms with van der Waals surface area (Å²) in [6, 6.07) is 8.60. The molecule has 3 N–H and O–H groups in total. The Morgan fingerprint density at radius 3 is 2.62 bits per heavy atom. The topological polar surface area (TPSA) is 46.2 Å². The van der Waals surface area contributed by atoms with E-state index in [1.54, 1.807) is 0 Å². The molecule has 1 aromatic rings. The summed E-state index contributed by atoms with van der Waals surface area (Å²) in [4.78, 5) is 0. The van der Waals surface area contributed by atoms with Crippen LogP contribution in [0.1, 0.15) is 36.8 Å². The van der Waals surface area contributed by atoms with E-state index in [0.717, 1.165) is 13.0 Å². The molecule has 1 aromatic carbocycles. The molecule has 0 spiro atoms. The van der Waals surface area contributed by atoms with Crippen molar-refractivity contribution in [3.63, 3.8) is 0 Å². The second-order valence-electron chi connectivity index (χ2n) is 4.87. The van der Waals surface area contributed by atoms with Crippen LogP contribution >= 0.6 is 0 Å². The molecule has 1 fully saturated rings. The fourth-order valence-electron chi connectivity index (χ4n) is 2.85. The Hall–Kier alpha value is -0.860. The van der Waals surface area contributed by atoms with Gasteiger partial charge in [0.25, 0.3) is 0 Å². The van der Waals surface area contributed by atoms with Gasteiger partial charge >= 0.3 is 0 Å². The molecule has 0 aliphatic heterocycles. The predicted molar refractivity (Wildman–Crippen MR) is 66.4 cm³/mol. The van der Waals surface area contributed by atoms with E-state index in [4.69, 9.17) is 10.8 Å². The fraction of sp³-hybridized carbons (Fsp3) is 0.571. The molecule has 1 aliphatic carbocycles. The number of hydrogen-bond acceptors (Lipinski definition) is 2. The van der Waals surface area contributed by atoms with Gasteiger partial charge in [-0.1, -0.05) is 37.1 Å². The first-order valence-corrected chi connectivity index (χ1v) is 6.21. The number of aliphatic hydroxyl groups is 1. The van der Waals surface area contributed by atoms with Crippen molar-refractivity contribution in [3.8, 4) is 0 Å². The van der Waals surface area contributed by atoms with Crippen LogP contribution in [0, 0.1) is 0 Å². The molecule has 1 saturated carbocycles. The molecule has 0 saturated heterocycles. The van der Waals surface area contributed by atoms with E-state index in [0.29, 0.717) is 0 Å². The van der Waals surface area contributed by atoms with E-state index in [9.17, 15) is 0 Å². The molecule has 0 aromatic heterocycles. The van der Waals surface area contributed by atoms with Gasteiger partial charge in [0.2, 0.25) is 0 Å². The average molecular weight is 219 g/mol. The van der Waals surface area contributed by atoms with E-state index in [1.807, 2.05) is 0 Å². The Morgan fingerprint density at radius 2 is 2.00 bits per heavy atom. The summed E-state index contributed by atoms with van der Waals surface area (Å²) in [5.74, 6) is 0. The molecule has 2 rings (SSSR count). The first kappa shape index (κ1) is 11.6. The van der Waals surface area contributed by atoms with E-state index < -0.39 is 0 Å². The zero-order chi connectivity index (χ0) is 11.4. The van der Waals surface area contributed by atoms with E-state index >= 15 is 0 Å². The molecular formula is C14H21NO. The Bertz CT molecular complexity index is 342. The lowest BCUT2D eigenvalue weighted by atomic mass is 9.78. The monoisotopic (exact) mass is 219 g/mol.